The normalized spacial score (nSPS) is 21.0. The molecule has 2 heterocycles. The van der Waals surface area contributed by atoms with Gasteiger partial charge in [-0.05, 0) is 18.4 Å². The van der Waals surface area contributed by atoms with E-state index in [1.54, 1.807) is 12.1 Å². The van der Waals surface area contributed by atoms with Gasteiger partial charge in [0.25, 0.3) is 0 Å². The third kappa shape index (κ3) is 3.92. The molecule has 19 heavy (non-hydrogen) atoms. The molecule has 0 radical (unpaired) electrons. The molecule has 6 nitrogen and oxygen atoms in total. The average molecular weight is 284 g/mol. The minimum Gasteiger partial charge on any atom is -0.481 e. The third-order valence-corrected chi connectivity index (χ3v) is 4.87. The lowest BCUT2D eigenvalue weighted by Crippen LogP contribution is -2.17. The van der Waals surface area contributed by atoms with Crippen LogP contribution in [0.3, 0.4) is 0 Å². The maximum absolute atomic E-state index is 11.8. The van der Waals surface area contributed by atoms with Crippen molar-refractivity contribution in [3.8, 4) is 5.88 Å². The summed E-state index contributed by atoms with van der Waals surface area (Å²) in [6.45, 7) is 0. The summed E-state index contributed by atoms with van der Waals surface area (Å²) < 4.78 is 27.5. The van der Waals surface area contributed by atoms with Gasteiger partial charge in [0.05, 0.1) is 30.5 Å². The van der Waals surface area contributed by atoms with Gasteiger partial charge in [0, 0.05) is 12.5 Å². The summed E-state index contributed by atoms with van der Waals surface area (Å²) in [5.74, 6) is 0.515. The van der Waals surface area contributed by atoms with Gasteiger partial charge in [-0.2, -0.15) is 0 Å². The molecular formula is C12H16N2O4S. The zero-order valence-electron chi connectivity index (χ0n) is 10.6. The SMILES string of the molecule is COc1ccc(NC(=O)CC2CCS(=O)(=O)C2)cn1. The van der Waals surface area contributed by atoms with Gasteiger partial charge in [-0.3, -0.25) is 4.79 Å². The Balaban J connectivity index is 1.87. The Hall–Kier alpha value is -1.63. The van der Waals surface area contributed by atoms with E-state index >= 15 is 0 Å². The molecule has 0 aliphatic carbocycles. The van der Waals surface area contributed by atoms with Gasteiger partial charge >= 0.3 is 0 Å². The number of hydrogen-bond donors (Lipinski definition) is 1. The fraction of sp³-hybridized carbons (Fsp3) is 0.500. The first-order valence-electron chi connectivity index (χ1n) is 5.99. The van der Waals surface area contributed by atoms with Crippen LogP contribution in [0.5, 0.6) is 5.88 Å². The molecule has 0 saturated carbocycles. The number of amides is 1. The van der Waals surface area contributed by atoms with E-state index in [1.165, 1.54) is 13.3 Å². The van der Waals surface area contributed by atoms with Crippen molar-refractivity contribution in [2.24, 2.45) is 5.92 Å². The molecule has 1 saturated heterocycles. The lowest BCUT2D eigenvalue weighted by molar-refractivity contribution is -0.116. The number of rotatable bonds is 4. The highest BCUT2D eigenvalue weighted by molar-refractivity contribution is 7.91. The molecule has 0 spiro atoms. The smallest absolute Gasteiger partial charge is 0.224 e. The summed E-state index contributed by atoms with van der Waals surface area (Å²) in [6, 6.07) is 3.34. The highest BCUT2D eigenvalue weighted by Crippen LogP contribution is 2.22. The molecule has 104 valence electrons. The number of carbonyl (C=O) groups excluding carboxylic acids is 1. The highest BCUT2D eigenvalue weighted by Gasteiger charge is 2.29. The lowest BCUT2D eigenvalue weighted by Gasteiger charge is -2.08. The third-order valence-electron chi connectivity index (χ3n) is 3.03. The van der Waals surface area contributed by atoms with Gasteiger partial charge in [-0.15, -0.1) is 0 Å². The van der Waals surface area contributed by atoms with E-state index in [0.717, 1.165) is 0 Å². The Labute approximate surface area is 112 Å². The van der Waals surface area contributed by atoms with E-state index in [0.29, 0.717) is 18.0 Å². The molecule has 0 aromatic carbocycles. The summed E-state index contributed by atoms with van der Waals surface area (Å²) in [5, 5.41) is 2.70. The summed E-state index contributed by atoms with van der Waals surface area (Å²) in [7, 11) is -1.42. The highest BCUT2D eigenvalue weighted by atomic mass is 32.2. The van der Waals surface area contributed by atoms with Crippen LogP contribution in [-0.2, 0) is 14.6 Å². The van der Waals surface area contributed by atoms with Crippen LogP contribution in [0.1, 0.15) is 12.8 Å². The van der Waals surface area contributed by atoms with E-state index in [4.69, 9.17) is 4.74 Å². The maximum atomic E-state index is 11.8. The van der Waals surface area contributed by atoms with Crippen molar-refractivity contribution < 1.29 is 17.9 Å². The molecule has 1 aliphatic rings. The van der Waals surface area contributed by atoms with Crippen LogP contribution >= 0.6 is 0 Å². The average Bonchev–Trinajstić information content (AvgIpc) is 2.69. The predicted octanol–water partition coefficient (Wildman–Crippen LogP) is 0.853. The standard InChI is InChI=1S/C12H16N2O4S/c1-18-12-3-2-10(7-13-12)14-11(15)6-9-4-5-19(16,17)8-9/h2-3,7,9H,4-6,8H2,1H3,(H,14,15). The second-order valence-corrected chi connectivity index (χ2v) is 6.84. The lowest BCUT2D eigenvalue weighted by atomic mass is 10.1. The van der Waals surface area contributed by atoms with Crippen molar-refractivity contribution in [2.75, 3.05) is 23.9 Å². The van der Waals surface area contributed by atoms with E-state index < -0.39 is 9.84 Å². The van der Waals surface area contributed by atoms with Crippen LogP contribution in [0.15, 0.2) is 18.3 Å². The van der Waals surface area contributed by atoms with Crippen molar-refractivity contribution in [3.05, 3.63) is 18.3 Å². The molecule has 7 heteroatoms. The van der Waals surface area contributed by atoms with Crippen LogP contribution in [0.25, 0.3) is 0 Å². The van der Waals surface area contributed by atoms with E-state index in [9.17, 15) is 13.2 Å². The molecule has 1 N–H and O–H groups in total. The maximum Gasteiger partial charge on any atom is 0.224 e. The Kier molecular flexibility index (Phi) is 4.04. The van der Waals surface area contributed by atoms with Gasteiger partial charge in [-0.25, -0.2) is 13.4 Å². The summed E-state index contributed by atoms with van der Waals surface area (Å²) in [6.07, 6.45) is 2.30. The molecule has 2 rings (SSSR count). The van der Waals surface area contributed by atoms with Crippen molar-refractivity contribution in [1.82, 2.24) is 4.98 Å². The first-order valence-corrected chi connectivity index (χ1v) is 7.81. The first-order chi connectivity index (χ1) is 8.98. The predicted molar refractivity (Wildman–Crippen MR) is 70.8 cm³/mol. The number of sulfone groups is 1. The topological polar surface area (TPSA) is 85.4 Å². The summed E-state index contributed by atoms with van der Waals surface area (Å²) in [5.41, 5.74) is 0.576. The number of carbonyl (C=O) groups is 1. The van der Waals surface area contributed by atoms with Crippen LogP contribution in [0.2, 0.25) is 0 Å². The zero-order valence-corrected chi connectivity index (χ0v) is 11.4. The molecule has 1 aromatic heterocycles. The van der Waals surface area contributed by atoms with Gasteiger partial charge < -0.3 is 10.1 Å². The number of methoxy groups -OCH3 is 1. The number of nitrogens with one attached hydrogen (secondary N) is 1. The number of nitrogens with zero attached hydrogens (tertiary/aromatic N) is 1. The molecule has 1 fully saturated rings. The Morgan fingerprint density at radius 3 is 2.84 bits per heavy atom. The Morgan fingerprint density at radius 2 is 2.32 bits per heavy atom. The molecular weight excluding hydrogens is 268 g/mol. The summed E-state index contributed by atoms with van der Waals surface area (Å²) in [4.78, 5) is 15.7. The van der Waals surface area contributed by atoms with Gasteiger partial charge in [-0.1, -0.05) is 0 Å². The van der Waals surface area contributed by atoms with Crippen LogP contribution in [0.4, 0.5) is 5.69 Å². The fourth-order valence-corrected chi connectivity index (χ4v) is 3.94. The van der Waals surface area contributed by atoms with Crippen LogP contribution < -0.4 is 10.1 Å². The Bertz CT molecular complexity index is 554. The van der Waals surface area contributed by atoms with Crippen LogP contribution in [-0.4, -0.2) is 37.9 Å². The second-order valence-electron chi connectivity index (χ2n) is 4.61. The van der Waals surface area contributed by atoms with Crippen molar-refractivity contribution in [3.63, 3.8) is 0 Å². The van der Waals surface area contributed by atoms with E-state index in [1.807, 2.05) is 0 Å². The molecule has 1 atom stereocenters. The number of ether oxygens (including phenoxy) is 1. The van der Waals surface area contributed by atoms with E-state index in [-0.39, 0.29) is 29.8 Å². The van der Waals surface area contributed by atoms with Crippen LogP contribution in [0, 0.1) is 5.92 Å². The van der Waals surface area contributed by atoms with Crippen molar-refractivity contribution >= 4 is 21.4 Å². The second kappa shape index (κ2) is 5.56. The van der Waals surface area contributed by atoms with Gasteiger partial charge in [0.2, 0.25) is 11.8 Å². The molecule has 1 aromatic rings. The monoisotopic (exact) mass is 284 g/mol. The molecule has 1 unspecified atom stereocenters. The van der Waals surface area contributed by atoms with Gasteiger partial charge in [0.15, 0.2) is 9.84 Å². The van der Waals surface area contributed by atoms with Crippen molar-refractivity contribution in [2.45, 2.75) is 12.8 Å². The molecule has 1 aliphatic heterocycles. The quantitative estimate of drug-likeness (QED) is 0.886. The zero-order chi connectivity index (χ0) is 13.9. The minimum atomic E-state index is -2.93. The first kappa shape index (κ1) is 13.8. The molecule has 0 bridgehead atoms. The minimum absolute atomic E-state index is 0.0730. The Morgan fingerprint density at radius 1 is 1.53 bits per heavy atom. The van der Waals surface area contributed by atoms with Gasteiger partial charge in [0.1, 0.15) is 0 Å². The summed E-state index contributed by atoms with van der Waals surface area (Å²) >= 11 is 0. The number of aromatic nitrogens is 1. The fourth-order valence-electron chi connectivity index (χ4n) is 2.08. The molecule has 1 amide bonds. The number of hydrogen-bond acceptors (Lipinski definition) is 5. The number of pyridine rings is 1. The van der Waals surface area contributed by atoms with Crippen molar-refractivity contribution in [1.29, 1.82) is 0 Å². The largest absolute Gasteiger partial charge is 0.481 e. The number of anilines is 1. The van der Waals surface area contributed by atoms with E-state index in [2.05, 4.69) is 10.3 Å².